The highest BCUT2D eigenvalue weighted by molar-refractivity contribution is 7.88. The smallest absolute Gasteiger partial charge is 0.224 e. The number of aromatic nitrogens is 2. The van der Waals surface area contributed by atoms with Crippen LogP contribution in [0.3, 0.4) is 0 Å². The second kappa shape index (κ2) is 6.61. The van der Waals surface area contributed by atoms with Crippen molar-refractivity contribution in [1.82, 2.24) is 14.1 Å². The molecule has 1 aromatic carbocycles. The third kappa shape index (κ3) is 3.59. The summed E-state index contributed by atoms with van der Waals surface area (Å²) in [7, 11) is -1.40. The average Bonchev–Trinajstić information content (AvgIpc) is 2.88. The molecule has 134 valence electrons. The van der Waals surface area contributed by atoms with Crippen LogP contribution >= 0.6 is 0 Å². The van der Waals surface area contributed by atoms with E-state index in [4.69, 9.17) is 0 Å². The fourth-order valence-corrected chi connectivity index (χ4v) is 3.98. The summed E-state index contributed by atoms with van der Waals surface area (Å²) in [5.41, 5.74) is 3.47. The van der Waals surface area contributed by atoms with Crippen molar-refractivity contribution in [2.24, 2.45) is 7.05 Å². The van der Waals surface area contributed by atoms with Gasteiger partial charge in [-0.1, -0.05) is 18.2 Å². The third-order valence-electron chi connectivity index (χ3n) is 4.52. The van der Waals surface area contributed by atoms with Gasteiger partial charge in [0.2, 0.25) is 15.9 Å². The van der Waals surface area contributed by atoms with Crippen LogP contribution in [0.25, 0.3) is 0 Å². The number of sulfonamides is 1. The first kappa shape index (κ1) is 17.6. The first-order chi connectivity index (χ1) is 11.8. The summed E-state index contributed by atoms with van der Waals surface area (Å²) in [4.78, 5) is 13.8. The Labute approximate surface area is 147 Å². The Morgan fingerprint density at radius 3 is 2.56 bits per heavy atom. The van der Waals surface area contributed by atoms with Crippen LogP contribution in [0.4, 0.5) is 5.69 Å². The van der Waals surface area contributed by atoms with E-state index in [1.807, 2.05) is 37.4 Å². The molecule has 0 fully saturated rings. The minimum Gasteiger partial charge on any atom is -0.307 e. The molecule has 0 bridgehead atoms. The number of anilines is 1. The van der Waals surface area contributed by atoms with Crippen molar-refractivity contribution in [2.75, 3.05) is 17.7 Å². The number of carbonyl (C=O) groups excluding carboxylic acids is 1. The second-order valence-electron chi connectivity index (χ2n) is 6.28. The van der Waals surface area contributed by atoms with Gasteiger partial charge in [0.25, 0.3) is 0 Å². The molecule has 1 amide bonds. The lowest BCUT2D eigenvalue weighted by molar-refractivity contribution is -0.116. The van der Waals surface area contributed by atoms with Gasteiger partial charge in [0.15, 0.2) is 0 Å². The van der Waals surface area contributed by atoms with Gasteiger partial charge in [0.1, 0.15) is 0 Å². The fourth-order valence-electron chi connectivity index (χ4n) is 3.20. The van der Waals surface area contributed by atoms with E-state index in [1.54, 1.807) is 9.58 Å². The number of hydrogen-bond acceptors (Lipinski definition) is 4. The van der Waals surface area contributed by atoms with Crippen LogP contribution in [-0.2, 0) is 41.4 Å². The van der Waals surface area contributed by atoms with Crippen molar-refractivity contribution in [1.29, 1.82) is 0 Å². The number of benzene rings is 1. The minimum atomic E-state index is -3.26. The summed E-state index contributed by atoms with van der Waals surface area (Å²) in [6, 6.07) is 9.41. The van der Waals surface area contributed by atoms with Gasteiger partial charge in [-0.15, -0.1) is 0 Å². The summed E-state index contributed by atoms with van der Waals surface area (Å²) >= 11 is 0. The molecule has 1 aromatic heterocycles. The van der Waals surface area contributed by atoms with Gasteiger partial charge in [-0.3, -0.25) is 9.48 Å². The summed E-state index contributed by atoms with van der Waals surface area (Å²) < 4.78 is 27.1. The van der Waals surface area contributed by atoms with Crippen LogP contribution in [0, 0.1) is 0 Å². The predicted molar refractivity (Wildman–Crippen MR) is 95.5 cm³/mol. The zero-order valence-corrected chi connectivity index (χ0v) is 15.5. The van der Waals surface area contributed by atoms with Crippen molar-refractivity contribution < 1.29 is 13.2 Å². The predicted octanol–water partition coefficient (Wildman–Crippen LogP) is 1.29. The third-order valence-corrected chi connectivity index (χ3v) is 5.77. The van der Waals surface area contributed by atoms with E-state index < -0.39 is 10.0 Å². The van der Waals surface area contributed by atoms with Crippen LogP contribution in [-0.4, -0.2) is 41.2 Å². The zero-order valence-electron chi connectivity index (χ0n) is 14.6. The van der Waals surface area contributed by atoms with Gasteiger partial charge in [0.05, 0.1) is 18.5 Å². The Morgan fingerprint density at radius 2 is 1.96 bits per heavy atom. The molecule has 8 heteroatoms. The average molecular weight is 362 g/mol. The highest BCUT2D eigenvalue weighted by Crippen LogP contribution is 2.26. The van der Waals surface area contributed by atoms with Gasteiger partial charge in [-0.05, 0) is 12.1 Å². The number of hydrogen-bond donors (Lipinski definition) is 0. The van der Waals surface area contributed by atoms with E-state index in [0.717, 1.165) is 22.6 Å². The van der Waals surface area contributed by atoms with E-state index >= 15 is 0 Å². The van der Waals surface area contributed by atoms with Crippen molar-refractivity contribution in [3.05, 3.63) is 47.3 Å². The van der Waals surface area contributed by atoms with E-state index in [9.17, 15) is 13.2 Å². The number of carbonyl (C=O) groups is 1. The van der Waals surface area contributed by atoms with Crippen LogP contribution in [0.15, 0.2) is 30.3 Å². The molecule has 2 aromatic rings. The van der Waals surface area contributed by atoms with Gasteiger partial charge < -0.3 is 4.90 Å². The van der Waals surface area contributed by atoms with Crippen LogP contribution in [0.2, 0.25) is 0 Å². The Kier molecular flexibility index (Phi) is 4.66. The van der Waals surface area contributed by atoms with Crippen molar-refractivity contribution in [3.8, 4) is 0 Å². The van der Waals surface area contributed by atoms with E-state index in [1.165, 1.54) is 17.5 Å². The number of para-hydroxylation sites is 1. The largest absolute Gasteiger partial charge is 0.307 e. The lowest BCUT2D eigenvalue weighted by atomic mass is 10.1. The molecular weight excluding hydrogens is 340 g/mol. The standard InChI is InChI=1S/C17H22N4O3S/c1-13(22)21(14-7-5-4-6-8-14)12-16-15-11-20(25(3,23)24)10-9-17(15)19(2)18-16/h4-8H,9-12H2,1-3H3. The van der Waals surface area contributed by atoms with Crippen molar-refractivity contribution in [2.45, 2.75) is 26.4 Å². The van der Waals surface area contributed by atoms with E-state index in [0.29, 0.717) is 26.1 Å². The van der Waals surface area contributed by atoms with Crippen molar-refractivity contribution >= 4 is 21.6 Å². The van der Waals surface area contributed by atoms with Crippen molar-refractivity contribution in [3.63, 3.8) is 0 Å². The van der Waals surface area contributed by atoms with Gasteiger partial charge in [-0.2, -0.15) is 9.40 Å². The Bertz CT molecular complexity index is 890. The molecule has 25 heavy (non-hydrogen) atoms. The summed E-state index contributed by atoms with van der Waals surface area (Å²) in [6.45, 7) is 2.60. The molecule has 0 atom stereocenters. The Hall–Kier alpha value is -2.19. The highest BCUT2D eigenvalue weighted by Gasteiger charge is 2.29. The molecule has 0 radical (unpaired) electrons. The van der Waals surface area contributed by atoms with Gasteiger partial charge in [-0.25, -0.2) is 8.42 Å². The lowest BCUT2D eigenvalue weighted by Crippen LogP contribution is -2.36. The SMILES string of the molecule is CC(=O)N(Cc1nn(C)c2c1CN(S(C)(=O)=O)CC2)c1ccccc1. The van der Waals surface area contributed by atoms with Gasteiger partial charge >= 0.3 is 0 Å². The maximum absolute atomic E-state index is 12.1. The summed E-state index contributed by atoms with van der Waals surface area (Å²) in [5.74, 6) is -0.0821. The molecule has 7 nitrogen and oxygen atoms in total. The number of rotatable bonds is 4. The summed E-state index contributed by atoms with van der Waals surface area (Å²) in [6.07, 6.45) is 1.84. The molecule has 0 saturated carbocycles. The first-order valence-corrected chi connectivity index (χ1v) is 9.94. The Balaban J connectivity index is 1.95. The molecule has 0 unspecified atom stereocenters. The molecular formula is C17H22N4O3S. The maximum atomic E-state index is 12.1. The number of aryl methyl sites for hydroxylation is 1. The Morgan fingerprint density at radius 1 is 1.28 bits per heavy atom. The molecule has 2 heterocycles. The molecule has 0 saturated heterocycles. The number of fused-ring (bicyclic) bond motifs is 1. The van der Waals surface area contributed by atoms with Gasteiger partial charge in [0, 0.05) is 50.4 Å². The first-order valence-electron chi connectivity index (χ1n) is 8.09. The molecule has 0 N–H and O–H groups in total. The van der Waals surface area contributed by atoms with Crippen LogP contribution in [0.5, 0.6) is 0 Å². The maximum Gasteiger partial charge on any atom is 0.224 e. The molecule has 0 spiro atoms. The monoisotopic (exact) mass is 362 g/mol. The summed E-state index contributed by atoms with van der Waals surface area (Å²) in [5, 5.41) is 4.56. The number of nitrogens with zero attached hydrogens (tertiary/aromatic N) is 4. The fraction of sp³-hybridized carbons (Fsp3) is 0.412. The van der Waals surface area contributed by atoms with E-state index in [2.05, 4.69) is 5.10 Å². The minimum absolute atomic E-state index is 0.0821. The second-order valence-corrected chi connectivity index (χ2v) is 8.27. The number of amides is 1. The molecule has 0 aliphatic carbocycles. The molecule has 1 aliphatic heterocycles. The quantitative estimate of drug-likeness (QED) is 0.821. The van der Waals surface area contributed by atoms with Crippen LogP contribution in [0.1, 0.15) is 23.9 Å². The normalized spacial score (nSPS) is 15.0. The van der Waals surface area contributed by atoms with Crippen LogP contribution < -0.4 is 4.90 Å². The highest BCUT2D eigenvalue weighted by atomic mass is 32.2. The zero-order chi connectivity index (χ0) is 18.2. The topological polar surface area (TPSA) is 75.5 Å². The van der Waals surface area contributed by atoms with E-state index in [-0.39, 0.29) is 5.91 Å². The molecule has 3 rings (SSSR count). The lowest BCUT2D eigenvalue weighted by Gasteiger charge is -2.26. The molecule has 1 aliphatic rings.